The van der Waals surface area contributed by atoms with E-state index in [1.807, 2.05) is 0 Å². The second kappa shape index (κ2) is 5.81. The minimum atomic E-state index is 0.367. The molecule has 1 aromatic heterocycles. The molecule has 0 saturated heterocycles. The van der Waals surface area contributed by atoms with Gasteiger partial charge >= 0.3 is 0 Å². The Labute approximate surface area is 131 Å². The van der Waals surface area contributed by atoms with Crippen LogP contribution in [0, 0.1) is 11.3 Å². The minimum Gasteiger partial charge on any atom is -0.383 e. The number of nitrogen functional groups attached to an aromatic ring is 1. The molecule has 2 N–H and O–H groups in total. The van der Waals surface area contributed by atoms with Crippen molar-refractivity contribution in [2.24, 2.45) is 0 Å². The van der Waals surface area contributed by atoms with Gasteiger partial charge in [0.1, 0.15) is 17.5 Å². The average molecular weight is 291 g/mol. The summed E-state index contributed by atoms with van der Waals surface area (Å²) < 4.78 is 0. The summed E-state index contributed by atoms with van der Waals surface area (Å²) in [7, 11) is 0. The van der Waals surface area contributed by atoms with Crippen molar-refractivity contribution in [1.82, 2.24) is 4.98 Å². The van der Waals surface area contributed by atoms with Crippen LogP contribution in [0.2, 0.25) is 0 Å². The Morgan fingerprint density at radius 3 is 2.45 bits per heavy atom. The van der Waals surface area contributed by atoms with Gasteiger partial charge in [0.15, 0.2) is 0 Å². The third kappa shape index (κ3) is 2.46. The van der Waals surface area contributed by atoms with Crippen LogP contribution in [0.5, 0.6) is 0 Å². The van der Waals surface area contributed by atoms with E-state index in [4.69, 9.17) is 5.73 Å². The van der Waals surface area contributed by atoms with Gasteiger partial charge in [-0.25, -0.2) is 4.98 Å². The Bertz CT molecular complexity index is 737. The van der Waals surface area contributed by atoms with Gasteiger partial charge in [-0.3, -0.25) is 0 Å². The molecule has 0 unspecified atom stereocenters. The lowest BCUT2D eigenvalue weighted by molar-refractivity contribution is 0.670. The molecule has 112 valence electrons. The molecule has 0 atom stereocenters. The number of aryl methyl sites for hydroxylation is 1. The Morgan fingerprint density at radius 1 is 1.14 bits per heavy atom. The highest BCUT2D eigenvalue weighted by Crippen LogP contribution is 2.36. The fraction of sp³-hybridized carbons (Fsp3) is 0.368. The third-order valence-electron chi connectivity index (χ3n) is 4.48. The molecule has 3 heteroatoms. The molecule has 3 nitrogen and oxygen atoms in total. The molecule has 22 heavy (non-hydrogen) atoms. The van der Waals surface area contributed by atoms with E-state index in [0.717, 1.165) is 42.5 Å². The molecule has 0 spiro atoms. The zero-order valence-corrected chi connectivity index (χ0v) is 13.2. The maximum atomic E-state index is 9.53. The molecule has 1 aliphatic carbocycles. The van der Waals surface area contributed by atoms with Crippen molar-refractivity contribution in [3.05, 3.63) is 46.6 Å². The standard InChI is InChI=1S/C19H21N3/c1-12(2)13-7-9-14(10-8-13)18-15-5-3-4-6-17(15)22-19(21)16(18)11-20/h7-10,12H,3-6H2,1-2H3,(H2,21,22). The molecule has 0 bridgehead atoms. The number of nitrogens with two attached hydrogens (primary N) is 1. The zero-order valence-electron chi connectivity index (χ0n) is 13.2. The molecule has 1 heterocycles. The number of benzene rings is 1. The van der Waals surface area contributed by atoms with Crippen molar-refractivity contribution in [3.63, 3.8) is 0 Å². The molecule has 0 amide bonds. The van der Waals surface area contributed by atoms with Crippen LogP contribution >= 0.6 is 0 Å². The number of nitrogens with zero attached hydrogens (tertiary/aromatic N) is 2. The Balaban J connectivity index is 2.20. The summed E-state index contributed by atoms with van der Waals surface area (Å²) in [6, 6.07) is 10.8. The molecule has 0 radical (unpaired) electrons. The zero-order chi connectivity index (χ0) is 15.7. The lowest BCUT2D eigenvalue weighted by Gasteiger charge is -2.21. The molecular formula is C19H21N3. The molecule has 1 aliphatic rings. The van der Waals surface area contributed by atoms with E-state index in [0.29, 0.717) is 17.3 Å². The first-order valence-electron chi connectivity index (χ1n) is 7.93. The van der Waals surface area contributed by atoms with Gasteiger partial charge in [-0.1, -0.05) is 38.1 Å². The monoisotopic (exact) mass is 291 g/mol. The van der Waals surface area contributed by atoms with E-state index in [1.165, 1.54) is 11.1 Å². The Morgan fingerprint density at radius 2 is 1.82 bits per heavy atom. The molecule has 0 fully saturated rings. The summed E-state index contributed by atoms with van der Waals surface area (Å²) in [5, 5.41) is 9.53. The summed E-state index contributed by atoms with van der Waals surface area (Å²) in [5.74, 6) is 0.868. The normalized spacial score (nSPS) is 13.7. The first kappa shape index (κ1) is 14.6. The predicted octanol–water partition coefficient (Wildman–Crippen LogP) is 4.20. The number of aromatic nitrogens is 1. The summed E-state index contributed by atoms with van der Waals surface area (Å²) in [6.07, 6.45) is 4.25. The van der Waals surface area contributed by atoms with E-state index < -0.39 is 0 Å². The lowest BCUT2D eigenvalue weighted by atomic mass is 9.86. The third-order valence-corrected chi connectivity index (χ3v) is 4.48. The number of pyridine rings is 1. The second-order valence-electron chi connectivity index (χ2n) is 6.27. The van der Waals surface area contributed by atoms with Crippen molar-refractivity contribution in [2.75, 3.05) is 5.73 Å². The van der Waals surface area contributed by atoms with Crippen LogP contribution in [0.4, 0.5) is 5.82 Å². The van der Waals surface area contributed by atoms with Crippen LogP contribution < -0.4 is 5.73 Å². The van der Waals surface area contributed by atoms with Crippen LogP contribution in [0.25, 0.3) is 11.1 Å². The van der Waals surface area contributed by atoms with Gasteiger partial charge in [0, 0.05) is 11.3 Å². The van der Waals surface area contributed by atoms with Gasteiger partial charge in [0.2, 0.25) is 0 Å². The van der Waals surface area contributed by atoms with Gasteiger partial charge in [0.05, 0.1) is 0 Å². The highest BCUT2D eigenvalue weighted by molar-refractivity contribution is 5.79. The van der Waals surface area contributed by atoms with Gasteiger partial charge < -0.3 is 5.73 Å². The van der Waals surface area contributed by atoms with E-state index in [1.54, 1.807) is 0 Å². The summed E-state index contributed by atoms with van der Waals surface area (Å²) >= 11 is 0. The van der Waals surface area contributed by atoms with Crippen LogP contribution in [-0.4, -0.2) is 4.98 Å². The smallest absolute Gasteiger partial charge is 0.142 e. The molecule has 2 aromatic rings. The first-order valence-corrected chi connectivity index (χ1v) is 7.93. The second-order valence-corrected chi connectivity index (χ2v) is 6.27. The SMILES string of the molecule is CC(C)c1ccc(-c2c(C#N)c(N)nc3c2CCCC3)cc1. The summed E-state index contributed by atoms with van der Waals surface area (Å²) in [4.78, 5) is 4.47. The Kier molecular flexibility index (Phi) is 3.85. The summed E-state index contributed by atoms with van der Waals surface area (Å²) in [5.41, 5.74) is 12.2. The molecule has 0 saturated carbocycles. The van der Waals surface area contributed by atoms with Crippen LogP contribution in [0.3, 0.4) is 0 Å². The van der Waals surface area contributed by atoms with Crippen molar-refractivity contribution in [2.45, 2.75) is 45.4 Å². The molecule has 0 aliphatic heterocycles. The molecule has 1 aromatic carbocycles. The van der Waals surface area contributed by atoms with E-state index in [-0.39, 0.29) is 0 Å². The minimum absolute atomic E-state index is 0.367. The Hall–Kier alpha value is -2.34. The van der Waals surface area contributed by atoms with Gasteiger partial charge in [-0.2, -0.15) is 5.26 Å². The number of rotatable bonds is 2. The van der Waals surface area contributed by atoms with Crippen LogP contribution in [-0.2, 0) is 12.8 Å². The number of hydrogen-bond donors (Lipinski definition) is 1. The van der Waals surface area contributed by atoms with Crippen molar-refractivity contribution < 1.29 is 0 Å². The van der Waals surface area contributed by atoms with E-state index >= 15 is 0 Å². The van der Waals surface area contributed by atoms with Gasteiger partial charge in [-0.15, -0.1) is 0 Å². The maximum Gasteiger partial charge on any atom is 0.142 e. The van der Waals surface area contributed by atoms with Crippen LogP contribution in [0.15, 0.2) is 24.3 Å². The number of nitriles is 1. The van der Waals surface area contributed by atoms with Gasteiger partial charge in [-0.05, 0) is 48.3 Å². The largest absolute Gasteiger partial charge is 0.383 e. The van der Waals surface area contributed by atoms with Crippen molar-refractivity contribution in [3.8, 4) is 17.2 Å². The highest BCUT2D eigenvalue weighted by Gasteiger charge is 2.21. The number of hydrogen-bond acceptors (Lipinski definition) is 3. The predicted molar refractivity (Wildman–Crippen MR) is 89.5 cm³/mol. The fourth-order valence-electron chi connectivity index (χ4n) is 3.23. The van der Waals surface area contributed by atoms with Crippen LogP contribution in [0.1, 0.15) is 55.0 Å². The average Bonchev–Trinajstić information content (AvgIpc) is 2.53. The number of anilines is 1. The van der Waals surface area contributed by atoms with Crippen molar-refractivity contribution >= 4 is 5.82 Å². The quantitative estimate of drug-likeness (QED) is 0.901. The van der Waals surface area contributed by atoms with E-state index in [9.17, 15) is 5.26 Å². The van der Waals surface area contributed by atoms with E-state index in [2.05, 4.69) is 49.2 Å². The fourth-order valence-corrected chi connectivity index (χ4v) is 3.23. The number of fused-ring (bicyclic) bond motifs is 1. The molecule has 3 rings (SSSR count). The maximum absolute atomic E-state index is 9.53. The lowest BCUT2D eigenvalue weighted by Crippen LogP contribution is -2.11. The first-order chi connectivity index (χ1) is 10.6. The topological polar surface area (TPSA) is 62.7 Å². The van der Waals surface area contributed by atoms with Gasteiger partial charge in [0.25, 0.3) is 0 Å². The molecular weight excluding hydrogens is 270 g/mol. The highest BCUT2D eigenvalue weighted by atomic mass is 14.9. The summed E-state index contributed by atoms with van der Waals surface area (Å²) in [6.45, 7) is 4.37. The van der Waals surface area contributed by atoms with Crippen molar-refractivity contribution in [1.29, 1.82) is 5.26 Å².